The zero-order valence-electron chi connectivity index (χ0n) is 19.0. The Hall–Kier alpha value is -3.81. The van der Waals surface area contributed by atoms with Crippen molar-refractivity contribution in [3.63, 3.8) is 0 Å². The van der Waals surface area contributed by atoms with Crippen LogP contribution in [0.25, 0.3) is 10.9 Å². The van der Waals surface area contributed by atoms with E-state index in [-0.39, 0.29) is 23.6 Å². The van der Waals surface area contributed by atoms with E-state index in [1.165, 1.54) is 4.57 Å². The van der Waals surface area contributed by atoms with Gasteiger partial charge in [-0.15, -0.1) is 0 Å². The Kier molecular flexibility index (Phi) is 6.35. The molecular formula is C25H27N3O5. The zero-order valence-corrected chi connectivity index (χ0v) is 19.0. The van der Waals surface area contributed by atoms with Gasteiger partial charge in [-0.05, 0) is 37.3 Å². The molecule has 33 heavy (non-hydrogen) atoms. The summed E-state index contributed by atoms with van der Waals surface area (Å²) in [5.41, 5.74) is 1.55. The number of piperazine rings is 1. The molecule has 0 aliphatic carbocycles. The average Bonchev–Trinajstić information content (AvgIpc) is 2.86. The number of nitrogens with zero attached hydrogens (tertiary/aromatic N) is 3. The highest BCUT2D eigenvalue weighted by atomic mass is 16.5. The number of hydrogen-bond donors (Lipinski definition) is 0. The molecule has 0 bridgehead atoms. The van der Waals surface area contributed by atoms with Gasteiger partial charge in [0.2, 0.25) is 0 Å². The molecule has 1 aromatic heterocycles. The van der Waals surface area contributed by atoms with Crippen LogP contribution in [0.2, 0.25) is 0 Å². The summed E-state index contributed by atoms with van der Waals surface area (Å²) in [7, 11) is 3.24. The van der Waals surface area contributed by atoms with Gasteiger partial charge in [-0.3, -0.25) is 9.59 Å². The highest BCUT2D eigenvalue weighted by Gasteiger charge is 2.29. The van der Waals surface area contributed by atoms with Crippen molar-refractivity contribution in [3.8, 4) is 5.75 Å². The number of ether oxygens (including phenoxy) is 2. The first-order chi connectivity index (χ1) is 16.0. The molecule has 0 spiro atoms. The number of carbonyl (C=O) groups excluding carboxylic acids is 2. The van der Waals surface area contributed by atoms with Crippen molar-refractivity contribution in [2.75, 3.05) is 44.8 Å². The van der Waals surface area contributed by atoms with Gasteiger partial charge in [0.15, 0.2) is 0 Å². The predicted molar refractivity (Wildman–Crippen MR) is 126 cm³/mol. The topological polar surface area (TPSA) is 81.1 Å². The van der Waals surface area contributed by atoms with Crippen LogP contribution < -0.4 is 15.2 Å². The standard InChI is InChI=1S/C25H27N3O5/c1-4-33-25(31)21-22(19-7-5-6-8-20(19)26(2)24(21)30)27-13-15-28(16-14-27)23(29)17-9-11-18(32-3)12-10-17/h5-12H,4,13-16H2,1-3H3. The van der Waals surface area contributed by atoms with Gasteiger partial charge in [-0.25, -0.2) is 4.79 Å². The fourth-order valence-corrected chi connectivity index (χ4v) is 4.24. The number of para-hydroxylation sites is 1. The van der Waals surface area contributed by atoms with Crippen molar-refractivity contribution in [3.05, 3.63) is 70.0 Å². The van der Waals surface area contributed by atoms with Crippen LogP contribution in [-0.4, -0.2) is 61.2 Å². The molecule has 8 heteroatoms. The minimum absolute atomic E-state index is 0.0352. The van der Waals surface area contributed by atoms with Gasteiger partial charge in [-0.2, -0.15) is 0 Å². The number of carbonyl (C=O) groups is 2. The molecule has 2 heterocycles. The normalized spacial score (nSPS) is 13.8. The van der Waals surface area contributed by atoms with Crippen molar-refractivity contribution in [1.29, 1.82) is 0 Å². The van der Waals surface area contributed by atoms with E-state index in [0.717, 1.165) is 10.9 Å². The molecule has 0 atom stereocenters. The SMILES string of the molecule is CCOC(=O)c1c(N2CCN(C(=O)c3ccc(OC)cc3)CC2)c2ccccc2n(C)c1=O. The molecule has 0 N–H and O–H groups in total. The number of fused-ring (bicyclic) bond motifs is 1. The monoisotopic (exact) mass is 449 g/mol. The predicted octanol–water partition coefficient (Wildman–Crippen LogP) is 2.69. The number of aromatic nitrogens is 1. The van der Waals surface area contributed by atoms with Crippen LogP contribution in [0, 0.1) is 0 Å². The Balaban J connectivity index is 1.65. The fraction of sp³-hybridized carbons (Fsp3) is 0.320. The van der Waals surface area contributed by atoms with Crippen LogP contribution in [0.3, 0.4) is 0 Å². The van der Waals surface area contributed by atoms with E-state index in [1.807, 2.05) is 29.2 Å². The fourth-order valence-electron chi connectivity index (χ4n) is 4.24. The molecule has 4 rings (SSSR count). The Bertz CT molecular complexity index is 1240. The van der Waals surface area contributed by atoms with Crippen LogP contribution in [0.4, 0.5) is 5.69 Å². The Labute approximate surface area is 191 Å². The number of aryl methyl sites for hydroxylation is 1. The van der Waals surface area contributed by atoms with Gasteiger partial charge >= 0.3 is 5.97 Å². The molecule has 1 amide bonds. The van der Waals surface area contributed by atoms with Crippen LogP contribution in [0.1, 0.15) is 27.6 Å². The van der Waals surface area contributed by atoms with Gasteiger partial charge in [-0.1, -0.05) is 18.2 Å². The minimum Gasteiger partial charge on any atom is -0.497 e. The second kappa shape index (κ2) is 9.36. The molecule has 3 aromatic rings. The van der Waals surface area contributed by atoms with E-state index in [0.29, 0.717) is 43.2 Å². The van der Waals surface area contributed by atoms with E-state index in [1.54, 1.807) is 50.2 Å². The Morgan fingerprint density at radius 2 is 1.64 bits per heavy atom. The van der Waals surface area contributed by atoms with Crippen molar-refractivity contribution in [2.45, 2.75) is 6.92 Å². The minimum atomic E-state index is -0.629. The maximum Gasteiger partial charge on any atom is 0.345 e. The largest absolute Gasteiger partial charge is 0.497 e. The Morgan fingerprint density at radius 1 is 0.970 bits per heavy atom. The van der Waals surface area contributed by atoms with Gasteiger partial charge < -0.3 is 23.8 Å². The number of anilines is 1. The number of esters is 1. The van der Waals surface area contributed by atoms with E-state index in [2.05, 4.69) is 0 Å². The van der Waals surface area contributed by atoms with Crippen LogP contribution in [0.5, 0.6) is 5.75 Å². The quantitative estimate of drug-likeness (QED) is 0.557. The molecule has 1 aliphatic heterocycles. The zero-order chi connectivity index (χ0) is 23.5. The highest BCUT2D eigenvalue weighted by molar-refractivity contribution is 6.05. The number of pyridine rings is 1. The molecule has 0 radical (unpaired) electrons. The molecule has 1 saturated heterocycles. The third-order valence-corrected chi connectivity index (χ3v) is 5.98. The lowest BCUT2D eigenvalue weighted by Crippen LogP contribution is -2.49. The molecule has 1 fully saturated rings. The molecule has 1 aliphatic rings. The summed E-state index contributed by atoms with van der Waals surface area (Å²) in [5, 5.41) is 0.803. The molecule has 172 valence electrons. The van der Waals surface area contributed by atoms with E-state index in [9.17, 15) is 14.4 Å². The summed E-state index contributed by atoms with van der Waals surface area (Å²) >= 11 is 0. The van der Waals surface area contributed by atoms with Gasteiger partial charge in [0, 0.05) is 44.2 Å². The van der Waals surface area contributed by atoms with E-state index < -0.39 is 5.97 Å². The molecular weight excluding hydrogens is 422 g/mol. The summed E-state index contributed by atoms with van der Waals surface area (Å²) in [6, 6.07) is 14.5. The number of benzene rings is 2. The molecule has 0 saturated carbocycles. The van der Waals surface area contributed by atoms with Crippen LogP contribution in [-0.2, 0) is 11.8 Å². The summed E-state index contributed by atoms with van der Waals surface area (Å²) in [5.74, 6) is 0.00717. The first-order valence-electron chi connectivity index (χ1n) is 10.9. The van der Waals surface area contributed by atoms with Gasteiger partial charge in [0.25, 0.3) is 11.5 Å². The van der Waals surface area contributed by atoms with Crippen molar-refractivity contribution in [1.82, 2.24) is 9.47 Å². The van der Waals surface area contributed by atoms with Gasteiger partial charge in [0.05, 0.1) is 24.9 Å². The van der Waals surface area contributed by atoms with Crippen molar-refractivity contribution < 1.29 is 19.1 Å². The van der Waals surface area contributed by atoms with E-state index in [4.69, 9.17) is 9.47 Å². The summed E-state index contributed by atoms with van der Waals surface area (Å²) in [6.07, 6.45) is 0. The third kappa shape index (κ3) is 4.16. The average molecular weight is 450 g/mol. The number of methoxy groups -OCH3 is 1. The Morgan fingerprint density at radius 3 is 2.27 bits per heavy atom. The molecule has 8 nitrogen and oxygen atoms in total. The maximum atomic E-state index is 13.1. The highest BCUT2D eigenvalue weighted by Crippen LogP contribution is 2.30. The smallest absolute Gasteiger partial charge is 0.345 e. The molecule has 2 aromatic carbocycles. The lowest BCUT2D eigenvalue weighted by Gasteiger charge is -2.37. The third-order valence-electron chi connectivity index (χ3n) is 5.98. The lowest BCUT2D eigenvalue weighted by molar-refractivity contribution is 0.0523. The lowest BCUT2D eigenvalue weighted by atomic mass is 10.1. The first kappa shape index (κ1) is 22.4. The van der Waals surface area contributed by atoms with E-state index >= 15 is 0 Å². The summed E-state index contributed by atoms with van der Waals surface area (Å²) in [6.45, 7) is 3.81. The van der Waals surface area contributed by atoms with Gasteiger partial charge in [0.1, 0.15) is 11.3 Å². The maximum absolute atomic E-state index is 13.1. The second-order valence-corrected chi connectivity index (χ2v) is 7.83. The number of rotatable bonds is 5. The second-order valence-electron chi connectivity index (χ2n) is 7.83. The summed E-state index contributed by atoms with van der Waals surface area (Å²) in [4.78, 5) is 42.7. The summed E-state index contributed by atoms with van der Waals surface area (Å²) < 4.78 is 11.9. The molecule has 0 unspecified atom stereocenters. The van der Waals surface area contributed by atoms with Crippen molar-refractivity contribution >= 4 is 28.5 Å². The number of amides is 1. The van der Waals surface area contributed by atoms with Crippen LogP contribution in [0.15, 0.2) is 53.3 Å². The first-order valence-corrected chi connectivity index (χ1v) is 10.9. The van der Waals surface area contributed by atoms with Crippen LogP contribution >= 0.6 is 0 Å². The van der Waals surface area contributed by atoms with Crippen molar-refractivity contribution in [2.24, 2.45) is 7.05 Å². The number of hydrogen-bond acceptors (Lipinski definition) is 6.